The average Bonchev–Trinajstić information content (AvgIpc) is 3.26. The fraction of sp³-hybridized carbons (Fsp3) is 0.379. The molecule has 1 N–H and O–H groups in total. The molecule has 2 heterocycles. The van der Waals surface area contributed by atoms with Crippen molar-refractivity contribution in [2.24, 2.45) is 17.8 Å². The molecule has 6 atom stereocenters. The predicted octanol–water partition coefficient (Wildman–Crippen LogP) is 4.64. The maximum absolute atomic E-state index is 14.0. The van der Waals surface area contributed by atoms with Crippen molar-refractivity contribution >= 4 is 64.1 Å². The number of fused-ring (bicyclic) bond motifs is 4. The van der Waals surface area contributed by atoms with Crippen LogP contribution in [-0.2, 0) is 19.2 Å². The highest BCUT2D eigenvalue weighted by molar-refractivity contribution is 6.53. The smallest absolute Gasteiger partial charge is 0.253 e. The van der Waals surface area contributed by atoms with Gasteiger partial charge in [-0.3, -0.25) is 29.0 Å². The van der Waals surface area contributed by atoms with Gasteiger partial charge in [-0.15, -0.1) is 23.2 Å². The summed E-state index contributed by atoms with van der Waals surface area (Å²) in [5.74, 6) is -5.01. The second-order valence-corrected chi connectivity index (χ2v) is 12.3. The molecule has 2 saturated heterocycles. The van der Waals surface area contributed by atoms with Gasteiger partial charge in [0, 0.05) is 18.0 Å². The Morgan fingerprint density at radius 1 is 1.00 bits per heavy atom. The van der Waals surface area contributed by atoms with E-state index in [0.717, 1.165) is 4.90 Å². The number of aromatic hydroxyl groups is 1. The number of allylic oxidation sites excluding steroid dienone is 2. The number of phenolic OH excluding ortho intramolecular Hbond substituents is 1. The van der Waals surface area contributed by atoms with Gasteiger partial charge in [-0.1, -0.05) is 29.3 Å². The highest BCUT2D eigenvalue weighted by Gasteiger charge is 2.75. The number of hydrogen-bond acceptors (Lipinski definition) is 6. The molecule has 4 amide bonds. The lowest BCUT2D eigenvalue weighted by molar-refractivity contribution is -0.138. The van der Waals surface area contributed by atoms with Gasteiger partial charge < -0.3 is 9.84 Å². The van der Waals surface area contributed by atoms with Crippen LogP contribution in [0.25, 0.3) is 0 Å². The third-order valence-electron chi connectivity index (χ3n) is 8.72. The molecule has 11 heteroatoms. The molecule has 40 heavy (non-hydrogen) atoms. The molecule has 6 rings (SSSR count). The number of rotatable bonds is 4. The van der Waals surface area contributed by atoms with Crippen LogP contribution in [-0.4, -0.2) is 57.0 Å². The maximum Gasteiger partial charge on any atom is 0.253 e. The molecule has 0 bridgehead atoms. The summed E-state index contributed by atoms with van der Waals surface area (Å²) in [6.07, 6.45) is 2.01. The van der Waals surface area contributed by atoms with Crippen LogP contribution in [0.2, 0.25) is 5.02 Å². The van der Waals surface area contributed by atoms with Crippen LogP contribution in [0.1, 0.15) is 31.2 Å². The second kappa shape index (κ2) is 9.23. The summed E-state index contributed by atoms with van der Waals surface area (Å²) in [4.78, 5) is 53.0. The molecule has 8 nitrogen and oxygen atoms in total. The highest BCUT2D eigenvalue weighted by Crippen LogP contribution is 2.65. The number of carbonyl (C=O) groups is 4. The van der Waals surface area contributed by atoms with E-state index in [4.69, 9.17) is 39.5 Å². The summed E-state index contributed by atoms with van der Waals surface area (Å²) >= 11 is 20.4. The lowest BCUT2D eigenvalue weighted by atomic mass is 9.56. The number of anilines is 1. The fourth-order valence-electron chi connectivity index (χ4n) is 6.94. The molecular weight excluding hydrogens is 579 g/mol. The molecule has 0 spiro atoms. The van der Waals surface area contributed by atoms with E-state index in [1.807, 2.05) is 6.08 Å². The van der Waals surface area contributed by atoms with E-state index in [1.54, 1.807) is 43.3 Å². The van der Waals surface area contributed by atoms with Crippen molar-refractivity contribution in [3.05, 3.63) is 64.7 Å². The number of phenols is 1. The Morgan fingerprint density at radius 3 is 2.38 bits per heavy atom. The van der Waals surface area contributed by atoms with Crippen LogP contribution >= 0.6 is 34.8 Å². The van der Waals surface area contributed by atoms with E-state index >= 15 is 0 Å². The summed E-state index contributed by atoms with van der Waals surface area (Å²) < 4.78 is 5.59. The molecule has 208 valence electrons. The van der Waals surface area contributed by atoms with Gasteiger partial charge in [0.2, 0.25) is 11.8 Å². The van der Waals surface area contributed by atoms with Crippen LogP contribution in [0.3, 0.4) is 0 Å². The first-order valence-electron chi connectivity index (χ1n) is 12.9. The van der Waals surface area contributed by atoms with Gasteiger partial charge >= 0.3 is 0 Å². The quantitative estimate of drug-likeness (QED) is 0.310. The highest BCUT2D eigenvalue weighted by atomic mass is 35.5. The zero-order valence-corrected chi connectivity index (χ0v) is 23.8. The molecule has 2 aliphatic heterocycles. The molecule has 0 unspecified atom stereocenters. The van der Waals surface area contributed by atoms with Crippen LogP contribution in [0.15, 0.2) is 54.1 Å². The molecule has 3 fully saturated rings. The molecule has 0 aromatic heterocycles. The lowest BCUT2D eigenvalue weighted by Gasteiger charge is -2.50. The number of amides is 4. The Kier molecular flexibility index (Phi) is 6.25. The lowest BCUT2D eigenvalue weighted by Crippen LogP contribution is -2.60. The van der Waals surface area contributed by atoms with Gasteiger partial charge in [0.1, 0.15) is 0 Å². The third kappa shape index (κ3) is 3.45. The maximum atomic E-state index is 14.0. The zero-order valence-electron chi connectivity index (χ0n) is 21.6. The number of halogens is 3. The number of likely N-dealkylation sites (tertiary alicyclic amines) is 1. The SMILES string of the molecule is CCOc1cc([C@H]2C3=CC[C@@H]4C(=O)N(c5ccc(Cl)cc5)C(=O)[C@@H]4[C@@H]3C[C@@]3(Cl)C(=O)N(C)C(=O)[C@@]23Cl)ccc1O. The van der Waals surface area contributed by atoms with Crippen molar-refractivity contribution < 1.29 is 29.0 Å². The minimum Gasteiger partial charge on any atom is -0.504 e. The van der Waals surface area contributed by atoms with Gasteiger partial charge in [-0.05, 0) is 67.6 Å². The Bertz CT molecular complexity index is 1510. The number of benzene rings is 2. The van der Waals surface area contributed by atoms with Crippen molar-refractivity contribution in [2.45, 2.75) is 35.4 Å². The number of hydrogen-bond donors (Lipinski definition) is 1. The van der Waals surface area contributed by atoms with Crippen LogP contribution < -0.4 is 9.64 Å². The van der Waals surface area contributed by atoms with Gasteiger partial charge in [-0.25, -0.2) is 0 Å². The Balaban J connectivity index is 1.51. The number of carbonyl (C=O) groups excluding carboxylic acids is 4. The molecule has 2 aromatic rings. The van der Waals surface area contributed by atoms with Crippen LogP contribution in [0, 0.1) is 17.8 Å². The van der Waals surface area contributed by atoms with Crippen molar-refractivity contribution in [3.63, 3.8) is 0 Å². The molecule has 1 saturated carbocycles. The van der Waals surface area contributed by atoms with Gasteiger partial charge in [0.05, 0.1) is 24.1 Å². The van der Waals surface area contributed by atoms with E-state index in [0.29, 0.717) is 21.8 Å². The van der Waals surface area contributed by atoms with Crippen molar-refractivity contribution in [1.82, 2.24) is 4.90 Å². The summed E-state index contributed by atoms with van der Waals surface area (Å²) in [6.45, 7) is 2.04. The topological polar surface area (TPSA) is 104 Å². The van der Waals surface area contributed by atoms with E-state index < -0.39 is 51.1 Å². The van der Waals surface area contributed by atoms with E-state index in [-0.39, 0.29) is 36.9 Å². The Morgan fingerprint density at radius 2 is 1.70 bits per heavy atom. The number of ether oxygens (including phenoxy) is 1. The fourth-order valence-corrected chi connectivity index (χ4v) is 8.09. The molecule has 0 radical (unpaired) electrons. The summed E-state index contributed by atoms with van der Waals surface area (Å²) in [5.41, 5.74) is 1.57. The first kappa shape index (κ1) is 27.1. The summed E-state index contributed by atoms with van der Waals surface area (Å²) in [6, 6.07) is 11.1. The van der Waals surface area contributed by atoms with Gasteiger partial charge in [-0.2, -0.15) is 0 Å². The van der Waals surface area contributed by atoms with E-state index in [1.165, 1.54) is 18.0 Å². The number of imide groups is 2. The molecule has 2 aromatic carbocycles. The minimum absolute atomic E-state index is 0.0969. The molecular formula is C29H25Cl3N2O6. The Hall–Kier alpha value is -3.07. The van der Waals surface area contributed by atoms with E-state index in [9.17, 15) is 24.3 Å². The zero-order chi connectivity index (χ0) is 28.7. The van der Waals surface area contributed by atoms with Crippen LogP contribution in [0.5, 0.6) is 11.5 Å². The number of alkyl halides is 2. The van der Waals surface area contributed by atoms with Crippen molar-refractivity contribution in [3.8, 4) is 11.5 Å². The van der Waals surface area contributed by atoms with Crippen LogP contribution in [0.4, 0.5) is 5.69 Å². The number of nitrogens with zero attached hydrogens (tertiary/aromatic N) is 2. The normalized spacial score (nSPS) is 33.1. The minimum atomic E-state index is -1.91. The van der Waals surface area contributed by atoms with E-state index in [2.05, 4.69) is 0 Å². The molecule has 2 aliphatic carbocycles. The second-order valence-electron chi connectivity index (χ2n) is 10.6. The van der Waals surface area contributed by atoms with Crippen molar-refractivity contribution in [1.29, 1.82) is 0 Å². The first-order valence-corrected chi connectivity index (χ1v) is 14.1. The third-order valence-corrected chi connectivity index (χ3v) is 10.4. The largest absolute Gasteiger partial charge is 0.504 e. The monoisotopic (exact) mass is 602 g/mol. The first-order chi connectivity index (χ1) is 19.0. The van der Waals surface area contributed by atoms with Crippen molar-refractivity contribution in [2.75, 3.05) is 18.6 Å². The van der Waals surface area contributed by atoms with Gasteiger partial charge in [0.25, 0.3) is 11.8 Å². The summed E-state index contributed by atoms with van der Waals surface area (Å²) in [7, 11) is 1.34. The molecule has 4 aliphatic rings. The Labute approximate surface area is 245 Å². The standard InChI is InChI=1S/C29H25Cl3N2O6/c1-3-40-21-12-14(4-11-20(21)35)23-17-9-10-18-22(25(37)34(24(18)36)16-7-5-15(30)6-8-16)19(17)13-28(31)26(38)33(2)27(39)29(23,28)32/h4-9,11-12,18-19,22-23,35H,3,10,13H2,1-2H3/t18-,19+,22-,23-,28+,29-/m0/s1. The van der Waals surface area contributed by atoms with Gasteiger partial charge in [0.15, 0.2) is 21.2 Å². The summed E-state index contributed by atoms with van der Waals surface area (Å²) in [5, 5.41) is 10.8. The average molecular weight is 604 g/mol. The predicted molar refractivity (Wildman–Crippen MR) is 149 cm³/mol.